The van der Waals surface area contributed by atoms with E-state index in [9.17, 15) is 0 Å². The average Bonchev–Trinajstić information content (AvgIpc) is 0. The summed E-state index contributed by atoms with van der Waals surface area (Å²) in [5.74, 6) is 0. The summed E-state index contributed by atoms with van der Waals surface area (Å²) < 4.78 is 0. The van der Waals surface area contributed by atoms with Crippen molar-refractivity contribution < 1.29 is 39.0 Å². The fraction of sp³-hybridized carbons (Fsp3) is 0. The molecule has 0 fully saturated rings. The van der Waals surface area contributed by atoms with E-state index in [1.54, 1.807) is 0 Å². The predicted octanol–water partition coefficient (Wildman–Crippen LogP) is -1.48. The van der Waals surface area contributed by atoms with Gasteiger partial charge in [-0.05, 0) is 0 Å². The van der Waals surface area contributed by atoms with Crippen molar-refractivity contribution in [3.63, 3.8) is 0 Å². The van der Waals surface area contributed by atoms with E-state index in [0.717, 1.165) is 0 Å². The molecule has 0 bridgehead atoms. The molecule has 1 nitrogen and oxygen atoms in total. The Bertz CT molecular complexity index is 8.00. The van der Waals surface area contributed by atoms with Gasteiger partial charge in [0.2, 0.25) is 0 Å². The SMILES string of the molecule is O.[KH].[Mn].[Ni]. The van der Waals surface area contributed by atoms with Crippen LogP contribution in [0.2, 0.25) is 0 Å². The summed E-state index contributed by atoms with van der Waals surface area (Å²) in [5.41, 5.74) is 0. The average molecular weight is 172 g/mol. The Morgan fingerprint density at radius 2 is 1.00 bits per heavy atom. The van der Waals surface area contributed by atoms with Gasteiger partial charge in [0.05, 0.1) is 0 Å². The zero-order chi connectivity index (χ0) is 0. The molecule has 0 aliphatic heterocycles. The maximum absolute atomic E-state index is 0. The summed E-state index contributed by atoms with van der Waals surface area (Å²) in [5, 5.41) is 0. The fourth-order valence-electron chi connectivity index (χ4n) is 0. The molecular weight excluding hydrogens is 169 g/mol. The zero-order valence-corrected chi connectivity index (χ0v) is 3.36. The topological polar surface area (TPSA) is 31.5 Å². The van der Waals surface area contributed by atoms with Crippen LogP contribution < -0.4 is 0 Å². The summed E-state index contributed by atoms with van der Waals surface area (Å²) in [4.78, 5) is 0. The quantitative estimate of drug-likeness (QED) is 0.399. The van der Waals surface area contributed by atoms with Crippen molar-refractivity contribution in [3.05, 3.63) is 0 Å². The van der Waals surface area contributed by atoms with Crippen molar-refractivity contribution in [2.75, 3.05) is 0 Å². The monoisotopic (exact) mass is 171 g/mol. The van der Waals surface area contributed by atoms with Crippen LogP contribution in [-0.4, -0.2) is 56.9 Å². The molecule has 0 aromatic heterocycles. The van der Waals surface area contributed by atoms with E-state index in [4.69, 9.17) is 0 Å². The van der Waals surface area contributed by atoms with Gasteiger partial charge in [-0.15, -0.1) is 0 Å². The first-order valence-electron chi connectivity index (χ1n) is 0. The molecule has 0 aliphatic rings. The molecule has 27 valence electrons. The third-order valence-electron chi connectivity index (χ3n) is 0. The van der Waals surface area contributed by atoms with Crippen molar-refractivity contribution >= 4 is 51.4 Å². The maximum atomic E-state index is 0. The molecule has 4 heteroatoms. The second kappa shape index (κ2) is 17.5. The number of hydrogen-bond acceptors (Lipinski definition) is 0. The molecule has 0 rings (SSSR count). The van der Waals surface area contributed by atoms with Crippen LogP contribution in [0.25, 0.3) is 0 Å². The van der Waals surface area contributed by atoms with E-state index in [1.165, 1.54) is 0 Å². The molecule has 2 N–H and O–H groups in total. The van der Waals surface area contributed by atoms with E-state index in [1.807, 2.05) is 0 Å². The van der Waals surface area contributed by atoms with Gasteiger partial charge in [0.15, 0.2) is 0 Å². The van der Waals surface area contributed by atoms with E-state index >= 15 is 0 Å². The molecule has 0 aromatic carbocycles. The summed E-state index contributed by atoms with van der Waals surface area (Å²) in [6, 6.07) is 0. The number of rotatable bonds is 0. The molecule has 0 amide bonds. The Morgan fingerprint density at radius 1 is 1.00 bits per heavy atom. The second-order valence-corrected chi connectivity index (χ2v) is 0. The van der Waals surface area contributed by atoms with E-state index < -0.39 is 0 Å². The first-order chi connectivity index (χ1) is 0. The smallest absolute Gasteiger partial charge is 0 e. The standard InChI is InChI=1S/K.Mn.Ni.H2O.H/h;;;1H2;. The molecule has 0 heterocycles. The third-order valence-corrected chi connectivity index (χ3v) is 0. The Hall–Kier alpha value is 2.61. The molecule has 0 spiro atoms. The van der Waals surface area contributed by atoms with Gasteiger partial charge in [-0.25, -0.2) is 0 Å². The Labute approximate surface area is 88.4 Å². The zero-order valence-electron chi connectivity index (χ0n) is 1.19. The maximum Gasteiger partial charge on any atom is 0 e. The van der Waals surface area contributed by atoms with Gasteiger partial charge in [0.1, 0.15) is 0 Å². The molecule has 0 atom stereocenters. The molecule has 0 saturated heterocycles. The molecule has 0 aromatic rings. The Morgan fingerprint density at radius 3 is 1.00 bits per heavy atom. The third kappa shape index (κ3) is 8.82. The summed E-state index contributed by atoms with van der Waals surface area (Å²) >= 11 is 0. The minimum absolute atomic E-state index is 0. The fourth-order valence-corrected chi connectivity index (χ4v) is 0. The van der Waals surface area contributed by atoms with Gasteiger partial charge in [-0.2, -0.15) is 0 Å². The van der Waals surface area contributed by atoms with Gasteiger partial charge >= 0.3 is 51.4 Å². The van der Waals surface area contributed by atoms with Crippen molar-refractivity contribution in [2.45, 2.75) is 0 Å². The minimum Gasteiger partial charge on any atom is 0 e. The van der Waals surface area contributed by atoms with Crippen LogP contribution in [0.5, 0.6) is 0 Å². The Balaban J connectivity index is 0. The molecule has 0 aliphatic carbocycles. The van der Waals surface area contributed by atoms with Gasteiger partial charge < -0.3 is 5.48 Å². The van der Waals surface area contributed by atoms with E-state index in [0.29, 0.717) is 0 Å². The van der Waals surface area contributed by atoms with Gasteiger partial charge in [0.25, 0.3) is 0 Å². The molecule has 4 heavy (non-hydrogen) atoms. The van der Waals surface area contributed by atoms with Gasteiger partial charge in [0, 0.05) is 33.6 Å². The summed E-state index contributed by atoms with van der Waals surface area (Å²) in [6.45, 7) is 0. The first kappa shape index (κ1) is 30.5. The van der Waals surface area contributed by atoms with Crippen molar-refractivity contribution in [1.29, 1.82) is 0 Å². The summed E-state index contributed by atoms with van der Waals surface area (Å²) in [6.07, 6.45) is 0. The minimum atomic E-state index is 0. The van der Waals surface area contributed by atoms with Gasteiger partial charge in [-0.3, -0.25) is 0 Å². The van der Waals surface area contributed by atoms with Crippen molar-refractivity contribution in [1.82, 2.24) is 0 Å². The molecule has 0 unspecified atom stereocenters. The second-order valence-electron chi connectivity index (χ2n) is 0. The van der Waals surface area contributed by atoms with Crippen LogP contribution in [-0.2, 0) is 33.6 Å². The van der Waals surface area contributed by atoms with Crippen molar-refractivity contribution in [2.24, 2.45) is 0 Å². The van der Waals surface area contributed by atoms with Gasteiger partial charge in [-0.1, -0.05) is 0 Å². The van der Waals surface area contributed by atoms with Crippen LogP contribution in [0.1, 0.15) is 0 Å². The van der Waals surface area contributed by atoms with Crippen LogP contribution >= 0.6 is 0 Å². The normalized spacial score (nSPS) is 0. The molecule has 1 radical (unpaired) electrons. The Kier molecular flexibility index (Phi) is 134. The predicted molar refractivity (Wildman–Crippen MR) is 10.8 cm³/mol. The van der Waals surface area contributed by atoms with Crippen LogP contribution in [0, 0.1) is 0 Å². The largest absolute Gasteiger partial charge is 0 e. The van der Waals surface area contributed by atoms with Crippen LogP contribution in [0.15, 0.2) is 0 Å². The molecule has 0 saturated carbocycles. The first-order valence-corrected chi connectivity index (χ1v) is 0. The van der Waals surface area contributed by atoms with E-state index in [-0.39, 0.29) is 90.4 Å². The van der Waals surface area contributed by atoms with Crippen LogP contribution in [0.4, 0.5) is 0 Å². The van der Waals surface area contributed by atoms with Crippen LogP contribution in [0.3, 0.4) is 0 Å². The van der Waals surface area contributed by atoms with E-state index in [2.05, 4.69) is 0 Å². The van der Waals surface area contributed by atoms with Crippen molar-refractivity contribution in [3.8, 4) is 0 Å². The molecular formula is H3KMnNiO. The number of hydrogen-bond donors (Lipinski definition) is 0. The summed E-state index contributed by atoms with van der Waals surface area (Å²) in [7, 11) is 0.